The Morgan fingerprint density at radius 1 is 0.963 bits per heavy atom. The predicted octanol–water partition coefficient (Wildman–Crippen LogP) is 7.50. The van der Waals surface area contributed by atoms with E-state index in [9.17, 15) is 8.78 Å². The van der Waals surface area contributed by atoms with E-state index in [1.165, 1.54) is 56.6 Å². The van der Waals surface area contributed by atoms with Crippen LogP contribution >= 0.6 is 0 Å². The minimum absolute atomic E-state index is 0.522. The molecule has 0 amide bonds. The Labute approximate surface area is 164 Å². The SMILES string of the molecule is CCC[Si]1(C)CCC([C@H]2CC[C@H](c3ccc(OCC(F)F)cc3)CC2)CC1. The van der Waals surface area contributed by atoms with Crippen LogP contribution in [0.4, 0.5) is 8.78 Å². The molecular formula is C23H36F2OSi. The molecule has 3 rings (SSSR count). The van der Waals surface area contributed by atoms with E-state index in [2.05, 4.69) is 25.6 Å². The van der Waals surface area contributed by atoms with E-state index >= 15 is 0 Å². The van der Waals surface area contributed by atoms with Crippen molar-refractivity contribution in [3.63, 3.8) is 0 Å². The first-order valence-corrected chi connectivity index (χ1v) is 14.1. The van der Waals surface area contributed by atoms with E-state index in [-0.39, 0.29) is 0 Å². The van der Waals surface area contributed by atoms with Crippen LogP contribution in [-0.2, 0) is 0 Å². The van der Waals surface area contributed by atoms with Gasteiger partial charge in [0.05, 0.1) is 8.07 Å². The van der Waals surface area contributed by atoms with Crippen LogP contribution in [0.25, 0.3) is 0 Å². The number of ether oxygens (including phenoxy) is 1. The predicted molar refractivity (Wildman–Crippen MR) is 112 cm³/mol. The normalized spacial score (nSPS) is 31.8. The largest absolute Gasteiger partial charge is 0.488 e. The molecule has 0 unspecified atom stereocenters. The molecule has 0 atom stereocenters. The molecular weight excluding hydrogens is 358 g/mol. The quantitative estimate of drug-likeness (QED) is 0.435. The van der Waals surface area contributed by atoms with Gasteiger partial charge in [-0.2, -0.15) is 0 Å². The molecule has 2 fully saturated rings. The fraction of sp³-hybridized carbons (Fsp3) is 0.739. The van der Waals surface area contributed by atoms with Crippen LogP contribution in [0.15, 0.2) is 24.3 Å². The number of rotatable bonds is 7. The smallest absolute Gasteiger partial charge is 0.272 e. The van der Waals surface area contributed by atoms with Crippen LogP contribution < -0.4 is 4.74 Å². The number of hydrogen-bond donors (Lipinski definition) is 0. The van der Waals surface area contributed by atoms with Crippen molar-refractivity contribution in [2.45, 2.75) is 88.9 Å². The van der Waals surface area contributed by atoms with Gasteiger partial charge in [0.15, 0.2) is 0 Å². The number of halogens is 2. The van der Waals surface area contributed by atoms with E-state index in [0.29, 0.717) is 11.7 Å². The Hall–Kier alpha value is -0.903. The summed E-state index contributed by atoms with van der Waals surface area (Å²) in [5.41, 5.74) is 1.35. The first-order chi connectivity index (χ1) is 13.0. The highest BCUT2D eigenvalue weighted by molar-refractivity contribution is 6.78. The first-order valence-electron chi connectivity index (χ1n) is 11.0. The van der Waals surface area contributed by atoms with Gasteiger partial charge in [0.25, 0.3) is 6.43 Å². The molecule has 4 heteroatoms. The second-order valence-corrected chi connectivity index (χ2v) is 14.4. The lowest BCUT2D eigenvalue weighted by Gasteiger charge is -2.41. The lowest BCUT2D eigenvalue weighted by Crippen LogP contribution is -2.36. The molecule has 1 nitrogen and oxygen atoms in total. The summed E-state index contributed by atoms with van der Waals surface area (Å²) in [5, 5.41) is 0. The Bertz CT molecular complexity index is 558. The van der Waals surface area contributed by atoms with E-state index in [4.69, 9.17) is 4.74 Å². The lowest BCUT2D eigenvalue weighted by atomic mass is 9.72. The zero-order chi connectivity index (χ0) is 19.3. The van der Waals surface area contributed by atoms with Gasteiger partial charge in [-0.25, -0.2) is 8.78 Å². The number of benzene rings is 1. The number of hydrogen-bond acceptors (Lipinski definition) is 1. The lowest BCUT2D eigenvalue weighted by molar-refractivity contribution is 0.0819. The molecule has 1 saturated carbocycles. The highest BCUT2D eigenvalue weighted by Gasteiger charge is 2.36. The molecule has 0 spiro atoms. The van der Waals surface area contributed by atoms with Crippen molar-refractivity contribution in [1.29, 1.82) is 0 Å². The van der Waals surface area contributed by atoms with Crippen LogP contribution in [0.3, 0.4) is 0 Å². The summed E-state index contributed by atoms with van der Waals surface area (Å²) in [6, 6.07) is 12.5. The summed E-state index contributed by atoms with van der Waals surface area (Å²) in [7, 11) is -0.886. The summed E-state index contributed by atoms with van der Waals surface area (Å²) >= 11 is 0. The van der Waals surface area contributed by atoms with Crippen molar-refractivity contribution < 1.29 is 13.5 Å². The molecule has 0 N–H and O–H groups in total. The van der Waals surface area contributed by atoms with Crippen LogP contribution in [0.2, 0.25) is 24.7 Å². The van der Waals surface area contributed by atoms with Gasteiger partial charge in [-0.05, 0) is 61.1 Å². The maximum atomic E-state index is 12.2. The van der Waals surface area contributed by atoms with Crippen LogP contribution in [0.1, 0.15) is 63.4 Å². The second-order valence-electron chi connectivity index (χ2n) is 9.28. The molecule has 1 aliphatic heterocycles. The van der Waals surface area contributed by atoms with E-state index in [1.54, 1.807) is 12.1 Å². The molecule has 2 aliphatic rings. The molecule has 0 aromatic heterocycles. The van der Waals surface area contributed by atoms with Gasteiger partial charge >= 0.3 is 0 Å². The maximum absolute atomic E-state index is 12.2. The zero-order valence-electron chi connectivity index (χ0n) is 17.1. The molecule has 1 saturated heterocycles. The van der Waals surface area contributed by atoms with Crippen molar-refractivity contribution in [3.05, 3.63) is 29.8 Å². The molecule has 152 valence electrons. The minimum Gasteiger partial charge on any atom is -0.488 e. The maximum Gasteiger partial charge on any atom is 0.272 e. The molecule has 1 aromatic carbocycles. The van der Waals surface area contributed by atoms with Crippen molar-refractivity contribution in [3.8, 4) is 5.75 Å². The highest BCUT2D eigenvalue weighted by Crippen LogP contribution is 2.45. The Balaban J connectivity index is 1.45. The topological polar surface area (TPSA) is 9.23 Å². The van der Waals surface area contributed by atoms with Crippen molar-refractivity contribution >= 4 is 8.07 Å². The molecule has 27 heavy (non-hydrogen) atoms. The van der Waals surface area contributed by atoms with Crippen molar-refractivity contribution in [2.24, 2.45) is 11.8 Å². The average Bonchev–Trinajstić information content (AvgIpc) is 2.68. The fourth-order valence-corrected chi connectivity index (χ4v) is 9.67. The monoisotopic (exact) mass is 394 g/mol. The molecule has 1 aliphatic carbocycles. The van der Waals surface area contributed by atoms with Gasteiger partial charge in [-0.15, -0.1) is 0 Å². The first kappa shape index (κ1) is 20.8. The third-order valence-corrected chi connectivity index (χ3v) is 12.0. The van der Waals surface area contributed by atoms with Crippen molar-refractivity contribution in [1.82, 2.24) is 0 Å². The van der Waals surface area contributed by atoms with Crippen LogP contribution in [0.5, 0.6) is 5.75 Å². The summed E-state index contributed by atoms with van der Waals surface area (Å²) in [6.45, 7) is 4.47. The van der Waals surface area contributed by atoms with Gasteiger partial charge in [0.1, 0.15) is 12.4 Å². The molecule has 1 aromatic rings. The summed E-state index contributed by atoms with van der Waals surface area (Å²) in [4.78, 5) is 0. The summed E-state index contributed by atoms with van der Waals surface area (Å²) in [6.07, 6.45) is 7.25. The van der Waals surface area contributed by atoms with Crippen molar-refractivity contribution in [2.75, 3.05) is 6.61 Å². The van der Waals surface area contributed by atoms with E-state index < -0.39 is 21.1 Å². The van der Waals surface area contributed by atoms with E-state index in [0.717, 1.165) is 11.8 Å². The minimum atomic E-state index is -2.41. The Morgan fingerprint density at radius 2 is 1.56 bits per heavy atom. The van der Waals surface area contributed by atoms with E-state index in [1.807, 2.05) is 12.1 Å². The van der Waals surface area contributed by atoms with Gasteiger partial charge in [-0.3, -0.25) is 0 Å². The number of alkyl halides is 2. The van der Waals surface area contributed by atoms with Gasteiger partial charge in [-0.1, -0.05) is 63.0 Å². The molecule has 1 heterocycles. The summed E-state index contributed by atoms with van der Waals surface area (Å²) < 4.78 is 29.6. The van der Waals surface area contributed by atoms with Gasteiger partial charge < -0.3 is 4.74 Å². The summed E-state index contributed by atoms with van der Waals surface area (Å²) in [5.74, 6) is 3.10. The standard InChI is InChI=1S/C23H36F2OSi/c1-3-14-27(2)15-12-21(13-16-27)19-6-4-18(5-7-19)20-8-10-22(11-9-20)26-17-23(24)25/h8-11,18-19,21,23H,3-7,12-17H2,1-2H3/t18-,19-,21?,27?. The second kappa shape index (κ2) is 9.53. The van der Waals surface area contributed by atoms with Crippen LogP contribution in [0, 0.1) is 11.8 Å². The Morgan fingerprint density at radius 3 is 2.11 bits per heavy atom. The van der Waals surface area contributed by atoms with Crippen LogP contribution in [-0.4, -0.2) is 21.1 Å². The Kier molecular flexibility index (Phi) is 7.35. The molecule has 0 radical (unpaired) electrons. The third kappa shape index (κ3) is 5.79. The highest BCUT2D eigenvalue weighted by atomic mass is 28.3. The third-order valence-electron chi connectivity index (χ3n) is 7.26. The van der Waals surface area contributed by atoms with Gasteiger partial charge in [0, 0.05) is 0 Å². The average molecular weight is 395 g/mol. The fourth-order valence-electron chi connectivity index (χ4n) is 5.58. The van der Waals surface area contributed by atoms with Gasteiger partial charge in [0.2, 0.25) is 0 Å². The molecule has 0 bridgehead atoms. The zero-order valence-corrected chi connectivity index (χ0v) is 18.1.